The van der Waals surface area contributed by atoms with E-state index in [0.29, 0.717) is 16.5 Å². The number of ether oxygens (including phenoxy) is 1. The Balaban J connectivity index is 1.84. The van der Waals surface area contributed by atoms with E-state index in [1.165, 1.54) is 0 Å². The average molecular weight is 350 g/mol. The molecule has 1 amide bonds. The van der Waals surface area contributed by atoms with Crippen LogP contribution in [0.5, 0.6) is 5.75 Å². The fourth-order valence-electron chi connectivity index (χ4n) is 3.70. The van der Waals surface area contributed by atoms with Gasteiger partial charge in [0.2, 0.25) is 5.91 Å². The number of hydrogen-bond acceptors (Lipinski definition) is 3. The van der Waals surface area contributed by atoms with E-state index in [1.54, 1.807) is 18.2 Å². The number of amides is 1. The van der Waals surface area contributed by atoms with Gasteiger partial charge in [0.15, 0.2) is 5.75 Å². The van der Waals surface area contributed by atoms with Crippen molar-refractivity contribution in [3.63, 3.8) is 0 Å². The SMILES string of the molecule is CC(C)Oc1c(Cl)cccc1NC(=O)C1C2C=CC(C2)C1C(=O)O. The van der Waals surface area contributed by atoms with Crippen molar-refractivity contribution in [1.29, 1.82) is 0 Å². The van der Waals surface area contributed by atoms with Crippen molar-refractivity contribution in [3.05, 3.63) is 35.4 Å². The van der Waals surface area contributed by atoms with Crippen molar-refractivity contribution in [1.82, 2.24) is 0 Å². The minimum absolute atomic E-state index is 0.0234. The summed E-state index contributed by atoms with van der Waals surface area (Å²) in [5, 5.41) is 12.7. The largest absolute Gasteiger partial charge is 0.487 e. The summed E-state index contributed by atoms with van der Waals surface area (Å²) in [6, 6.07) is 5.12. The van der Waals surface area contributed by atoms with Crippen molar-refractivity contribution in [2.45, 2.75) is 26.4 Å². The summed E-state index contributed by atoms with van der Waals surface area (Å²) in [4.78, 5) is 24.3. The number of hydrogen-bond donors (Lipinski definition) is 2. The van der Waals surface area contributed by atoms with Crippen LogP contribution in [0.2, 0.25) is 5.02 Å². The monoisotopic (exact) mass is 349 g/mol. The molecular weight excluding hydrogens is 330 g/mol. The van der Waals surface area contributed by atoms with Crippen LogP contribution in [0.4, 0.5) is 5.69 Å². The van der Waals surface area contributed by atoms with Crippen molar-refractivity contribution in [2.75, 3.05) is 5.32 Å². The van der Waals surface area contributed by atoms with Crippen molar-refractivity contribution in [2.24, 2.45) is 23.7 Å². The summed E-state index contributed by atoms with van der Waals surface area (Å²) in [6.45, 7) is 3.74. The maximum Gasteiger partial charge on any atom is 0.307 e. The third-order valence-electron chi connectivity index (χ3n) is 4.63. The highest BCUT2D eigenvalue weighted by atomic mass is 35.5. The number of carboxylic acid groups (broad SMARTS) is 1. The lowest BCUT2D eigenvalue weighted by molar-refractivity contribution is -0.146. The predicted molar refractivity (Wildman–Crippen MR) is 91.2 cm³/mol. The number of allylic oxidation sites excluding steroid dienone is 2. The van der Waals surface area contributed by atoms with Crippen LogP contribution in [-0.2, 0) is 9.59 Å². The molecule has 4 unspecified atom stereocenters. The molecular formula is C18H20ClNO4. The van der Waals surface area contributed by atoms with Gasteiger partial charge in [0, 0.05) is 0 Å². The Hall–Kier alpha value is -2.01. The Labute approximate surface area is 145 Å². The van der Waals surface area contributed by atoms with Crippen LogP contribution in [0.25, 0.3) is 0 Å². The minimum atomic E-state index is -0.920. The number of para-hydroxylation sites is 1. The zero-order valence-corrected chi connectivity index (χ0v) is 14.3. The molecule has 2 aliphatic rings. The maximum absolute atomic E-state index is 12.8. The summed E-state index contributed by atoms with van der Waals surface area (Å²) in [7, 11) is 0. The van der Waals surface area contributed by atoms with Gasteiger partial charge >= 0.3 is 5.97 Å². The van der Waals surface area contributed by atoms with Gasteiger partial charge in [-0.05, 0) is 44.2 Å². The van der Waals surface area contributed by atoms with E-state index in [4.69, 9.17) is 16.3 Å². The van der Waals surface area contributed by atoms with Crippen LogP contribution < -0.4 is 10.1 Å². The van der Waals surface area contributed by atoms with Gasteiger partial charge in [-0.25, -0.2) is 0 Å². The molecule has 1 aromatic rings. The third kappa shape index (κ3) is 3.00. The first-order valence-corrected chi connectivity index (χ1v) is 8.43. The molecule has 0 aliphatic heterocycles. The number of rotatable bonds is 5. The summed E-state index contributed by atoms with van der Waals surface area (Å²) in [5.74, 6) is -2.13. The molecule has 0 aromatic heterocycles. The van der Waals surface area contributed by atoms with E-state index in [2.05, 4.69) is 5.32 Å². The van der Waals surface area contributed by atoms with E-state index in [1.807, 2.05) is 26.0 Å². The lowest BCUT2D eigenvalue weighted by atomic mass is 9.82. The zero-order valence-electron chi connectivity index (χ0n) is 13.5. The fourth-order valence-corrected chi connectivity index (χ4v) is 3.91. The van der Waals surface area contributed by atoms with Crippen LogP contribution in [0, 0.1) is 23.7 Å². The van der Waals surface area contributed by atoms with Crippen LogP contribution in [0.3, 0.4) is 0 Å². The van der Waals surface area contributed by atoms with E-state index >= 15 is 0 Å². The molecule has 1 fully saturated rings. The minimum Gasteiger partial charge on any atom is -0.487 e. The number of carboxylic acids is 1. The standard InChI is InChI=1S/C18H20ClNO4/c1-9(2)24-16-12(19)4-3-5-13(16)20-17(21)14-10-6-7-11(8-10)15(14)18(22)23/h3-7,9-11,14-15H,8H2,1-2H3,(H,20,21)(H,22,23). The van der Waals surface area contributed by atoms with E-state index in [-0.39, 0.29) is 23.8 Å². The van der Waals surface area contributed by atoms with Crippen LogP contribution in [0.1, 0.15) is 20.3 Å². The highest BCUT2D eigenvalue weighted by Crippen LogP contribution is 2.48. The lowest BCUT2D eigenvalue weighted by Crippen LogP contribution is -2.36. The quantitative estimate of drug-likeness (QED) is 0.796. The number of fused-ring (bicyclic) bond motifs is 2. The molecule has 1 saturated carbocycles. The van der Waals surface area contributed by atoms with E-state index < -0.39 is 17.8 Å². The molecule has 128 valence electrons. The zero-order chi connectivity index (χ0) is 17.4. The number of halogens is 1. The first-order chi connectivity index (χ1) is 11.4. The number of carbonyl (C=O) groups excluding carboxylic acids is 1. The first kappa shape index (κ1) is 16.8. The maximum atomic E-state index is 12.8. The molecule has 2 aliphatic carbocycles. The van der Waals surface area contributed by atoms with Gasteiger partial charge in [0.05, 0.1) is 28.6 Å². The third-order valence-corrected chi connectivity index (χ3v) is 4.92. The Kier molecular flexibility index (Phi) is 4.54. The van der Waals surface area contributed by atoms with Gasteiger partial charge in [-0.2, -0.15) is 0 Å². The second-order valence-corrected chi connectivity index (χ2v) is 7.02. The molecule has 4 atom stereocenters. The highest BCUT2D eigenvalue weighted by molar-refractivity contribution is 6.32. The van der Waals surface area contributed by atoms with Gasteiger partial charge < -0.3 is 15.2 Å². The molecule has 2 bridgehead atoms. The molecule has 2 N–H and O–H groups in total. The number of nitrogens with one attached hydrogen (secondary N) is 1. The average Bonchev–Trinajstić information content (AvgIpc) is 3.11. The molecule has 0 radical (unpaired) electrons. The number of benzene rings is 1. The fraction of sp³-hybridized carbons (Fsp3) is 0.444. The Morgan fingerprint density at radius 2 is 1.92 bits per heavy atom. The van der Waals surface area contributed by atoms with Crippen molar-refractivity contribution < 1.29 is 19.4 Å². The molecule has 0 spiro atoms. The normalized spacial score (nSPS) is 27.5. The Bertz CT molecular complexity index is 700. The second-order valence-electron chi connectivity index (χ2n) is 6.61. The van der Waals surface area contributed by atoms with Crippen LogP contribution >= 0.6 is 11.6 Å². The second kappa shape index (κ2) is 6.48. The lowest BCUT2D eigenvalue weighted by Gasteiger charge is -2.24. The summed E-state index contributed by atoms with van der Waals surface area (Å²) >= 11 is 6.18. The summed E-state index contributed by atoms with van der Waals surface area (Å²) in [6.07, 6.45) is 4.50. The van der Waals surface area contributed by atoms with Crippen LogP contribution in [0.15, 0.2) is 30.4 Å². The topological polar surface area (TPSA) is 75.6 Å². The number of aliphatic carboxylic acids is 1. The van der Waals surface area contributed by atoms with Crippen molar-refractivity contribution in [3.8, 4) is 5.75 Å². The summed E-state index contributed by atoms with van der Waals surface area (Å²) in [5.41, 5.74) is 0.470. The Morgan fingerprint density at radius 1 is 1.25 bits per heavy atom. The van der Waals surface area contributed by atoms with Gasteiger partial charge in [0.25, 0.3) is 0 Å². The van der Waals surface area contributed by atoms with Gasteiger partial charge in [-0.15, -0.1) is 0 Å². The van der Waals surface area contributed by atoms with E-state index in [0.717, 1.165) is 6.42 Å². The Morgan fingerprint density at radius 3 is 2.54 bits per heavy atom. The molecule has 5 nitrogen and oxygen atoms in total. The van der Waals surface area contributed by atoms with Gasteiger partial charge in [-0.1, -0.05) is 29.8 Å². The summed E-state index contributed by atoms with van der Waals surface area (Å²) < 4.78 is 5.70. The number of anilines is 1. The smallest absolute Gasteiger partial charge is 0.307 e. The first-order valence-electron chi connectivity index (χ1n) is 8.05. The molecule has 3 rings (SSSR count). The highest BCUT2D eigenvalue weighted by Gasteiger charge is 2.51. The van der Waals surface area contributed by atoms with Crippen molar-refractivity contribution >= 4 is 29.2 Å². The molecule has 24 heavy (non-hydrogen) atoms. The van der Waals surface area contributed by atoms with E-state index in [9.17, 15) is 14.7 Å². The predicted octanol–water partition coefficient (Wildman–Crippen LogP) is 3.59. The molecule has 0 saturated heterocycles. The molecule has 1 aromatic carbocycles. The molecule has 0 heterocycles. The number of carbonyl (C=O) groups is 2. The van der Waals surface area contributed by atoms with Gasteiger partial charge in [0.1, 0.15) is 0 Å². The molecule has 6 heteroatoms. The van der Waals surface area contributed by atoms with Gasteiger partial charge in [-0.3, -0.25) is 9.59 Å². The van der Waals surface area contributed by atoms with Crippen LogP contribution in [-0.4, -0.2) is 23.1 Å².